The Morgan fingerprint density at radius 2 is 1.73 bits per heavy atom. The average Bonchev–Trinajstić information content (AvgIpc) is 2.45. The van der Waals surface area contributed by atoms with Crippen molar-refractivity contribution >= 4 is 5.97 Å². The summed E-state index contributed by atoms with van der Waals surface area (Å²) in [5.74, 6) is 0.368. The standard InChI is InChI=1S/C19H23NO2/c1-19(2,20)14-16-9-6-10-17(13-16)22-18(21)12-11-15-7-4-3-5-8-15/h3-10,13H,11-12,14,20H2,1-2H3. The SMILES string of the molecule is CC(C)(N)Cc1cccc(OC(=O)CCc2ccccc2)c1. The van der Waals surface area contributed by atoms with Gasteiger partial charge in [-0.05, 0) is 49.9 Å². The molecule has 3 nitrogen and oxygen atoms in total. The molecule has 2 aromatic rings. The van der Waals surface area contributed by atoms with Crippen molar-refractivity contribution in [3.63, 3.8) is 0 Å². The normalized spacial score (nSPS) is 11.2. The van der Waals surface area contributed by atoms with Gasteiger partial charge in [0, 0.05) is 12.0 Å². The maximum absolute atomic E-state index is 11.9. The van der Waals surface area contributed by atoms with E-state index in [-0.39, 0.29) is 11.5 Å². The van der Waals surface area contributed by atoms with Crippen LogP contribution < -0.4 is 10.5 Å². The number of carbonyl (C=O) groups excluding carboxylic acids is 1. The predicted octanol–water partition coefficient (Wildman–Crippen LogP) is 3.50. The van der Waals surface area contributed by atoms with E-state index in [0.717, 1.165) is 17.5 Å². The van der Waals surface area contributed by atoms with Gasteiger partial charge in [0.15, 0.2) is 0 Å². The summed E-state index contributed by atoms with van der Waals surface area (Å²) in [5.41, 5.74) is 7.95. The molecule has 2 N–H and O–H groups in total. The van der Waals surface area contributed by atoms with Gasteiger partial charge in [-0.25, -0.2) is 0 Å². The summed E-state index contributed by atoms with van der Waals surface area (Å²) >= 11 is 0. The molecule has 0 saturated heterocycles. The highest BCUT2D eigenvalue weighted by Gasteiger charge is 2.12. The fourth-order valence-electron chi connectivity index (χ4n) is 2.32. The van der Waals surface area contributed by atoms with Crippen LogP contribution in [0, 0.1) is 0 Å². The number of nitrogens with two attached hydrogens (primary N) is 1. The van der Waals surface area contributed by atoms with E-state index >= 15 is 0 Å². The van der Waals surface area contributed by atoms with Crippen LogP contribution in [0.25, 0.3) is 0 Å². The molecule has 0 spiro atoms. The monoisotopic (exact) mass is 297 g/mol. The molecule has 0 aliphatic carbocycles. The predicted molar refractivity (Wildman–Crippen MR) is 88.8 cm³/mol. The number of carbonyl (C=O) groups is 1. The van der Waals surface area contributed by atoms with Crippen molar-refractivity contribution < 1.29 is 9.53 Å². The molecule has 0 amide bonds. The molecule has 0 bridgehead atoms. The van der Waals surface area contributed by atoms with Crippen molar-refractivity contribution in [2.45, 2.75) is 38.6 Å². The third kappa shape index (κ3) is 5.70. The second-order valence-electron chi connectivity index (χ2n) is 6.27. The minimum Gasteiger partial charge on any atom is -0.427 e. The zero-order chi connectivity index (χ0) is 16.0. The number of benzene rings is 2. The number of aryl methyl sites for hydroxylation is 1. The van der Waals surface area contributed by atoms with Gasteiger partial charge >= 0.3 is 5.97 Å². The molecular formula is C19H23NO2. The van der Waals surface area contributed by atoms with Gasteiger partial charge in [-0.2, -0.15) is 0 Å². The van der Waals surface area contributed by atoms with Gasteiger partial charge in [0.1, 0.15) is 5.75 Å². The largest absolute Gasteiger partial charge is 0.427 e. The number of ether oxygens (including phenoxy) is 1. The van der Waals surface area contributed by atoms with Gasteiger partial charge in [0.25, 0.3) is 0 Å². The van der Waals surface area contributed by atoms with Crippen molar-refractivity contribution in [2.75, 3.05) is 0 Å². The third-order valence-corrected chi connectivity index (χ3v) is 3.25. The lowest BCUT2D eigenvalue weighted by Crippen LogP contribution is -2.34. The minimum absolute atomic E-state index is 0.215. The average molecular weight is 297 g/mol. The smallest absolute Gasteiger partial charge is 0.311 e. The molecular weight excluding hydrogens is 274 g/mol. The van der Waals surface area contributed by atoms with Crippen LogP contribution in [0.1, 0.15) is 31.4 Å². The topological polar surface area (TPSA) is 52.3 Å². The van der Waals surface area contributed by atoms with Crippen LogP contribution in [0.4, 0.5) is 0 Å². The molecule has 3 heteroatoms. The highest BCUT2D eigenvalue weighted by Crippen LogP contribution is 2.18. The fourth-order valence-corrected chi connectivity index (χ4v) is 2.32. The van der Waals surface area contributed by atoms with Crippen LogP contribution in [0.5, 0.6) is 5.75 Å². The van der Waals surface area contributed by atoms with Gasteiger partial charge in [-0.15, -0.1) is 0 Å². The molecule has 0 saturated carbocycles. The summed E-state index contributed by atoms with van der Waals surface area (Å²) in [6.45, 7) is 3.96. The van der Waals surface area contributed by atoms with Crippen LogP contribution in [-0.2, 0) is 17.6 Å². The Labute approximate surface area is 132 Å². The summed E-state index contributed by atoms with van der Waals surface area (Å²) in [5, 5.41) is 0. The van der Waals surface area contributed by atoms with E-state index in [0.29, 0.717) is 18.6 Å². The van der Waals surface area contributed by atoms with Gasteiger partial charge < -0.3 is 10.5 Å². The molecule has 0 aromatic heterocycles. The van der Waals surface area contributed by atoms with Crippen LogP contribution in [0.15, 0.2) is 54.6 Å². The van der Waals surface area contributed by atoms with Gasteiger partial charge in [0.05, 0.1) is 0 Å². The lowest BCUT2D eigenvalue weighted by molar-refractivity contribution is -0.134. The Morgan fingerprint density at radius 3 is 2.41 bits per heavy atom. The molecule has 2 aromatic carbocycles. The summed E-state index contributed by atoms with van der Waals surface area (Å²) in [4.78, 5) is 11.9. The van der Waals surface area contributed by atoms with Gasteiger partial charge in [0.2, 0.25) is 0 Å². The molecule has 0 aliphatic heterocycles. The number of hydrogen-bond acceptors (Lipinski definition) is 3. The molecule has 0 unspecified atom stereocenters. The Morgan fingerprint density at radius 1 is 1.05 bits per heavy atom. The van der Waals surface area contributed by atoms with E-state index in [1.165, 1.54) is 0 Å². The molecule has 0 fully saturated rings. The van der Waals surface area contributed by atoms with Crippen LogP contribution in [-0.4, -0.2) is 11.5 Å². The summed E-state index contributed by atoms with van der Waals surface area (Å²) < 4.78 is 5.41. The molecule has 2 rings (SSSR count). The lowest BCUT2D eigenvalue weighted by atomic mass is 9.96. The summed E-state index contributed by atoms with van der Waals surface area (Å²) in [7, 11) is 0. The summed E-state index contributed by atoms with van der Waals surface area (Å²) in [6.07, 6.45) is 1.80. The lowest BCUT2D eigenvalue weighted by Gasteiger charge is -2.18. The maximum atomic E-state index is 11.9. The van der Waals surface area contributed by atoms with Crippen molar-refractivity contribution in [1.82, 2.24) is 0 Å². The second kappa shape index (κ2) is 7.23. The van der Waals surface area contributed by atoms with Crippen LogP contribution in [0.3, 0.4) is 0 Å². The van der Waals surface area contributed by atoms with E-state index in [9.17, 15) is 4.79 Å². The first kappa shape index (κ1) is 16.2. The zero-order valence-corrected chi connectivity index (χ0v) is 13.2. The van der Waals surface area contributed by atoms with E-state index < -0.39 is 0 Å². The molecule has 22 heavy (non-hydrogen) atoms. The minimum atomic E-state index is -0.282. The van der Waals surface area contributed by atoms with Crippen molar-refractivity contribution in [3.8, 4) is 5.75 Å². The van der Waals surface area contributed by atoms with E-state index in [1.807, 2.05) is 62.4 Å². The quantitative estimate of drug-likeness (QED) is 0.656. The van der Waals surface area contributed by atoms with Gasteiger partial charge in [-0.1, -0.05) is 42.5 Å². The van der Waals surface area contributed by atoms with E-state index in [4.69, 9.17) is 10.5 Å². The van der Waals surface area contributed by atoms with Crippen molar-refractivity contribution in [1.29, 1.82) is 0 Å². The Kier molecular flexibility index (Phi) is 5.34. The third-order valence-electron chi connectivity index (χ3n) is 3.25. The first-order valence-electron chi connectivity index (χ1n) is 7.55. The Bertz CT molecular complexity index is 615. The van der Waals surface area contributed by atoms with Crippen LogP contribution >= 0.6 is 0 Å². The highest BCUT2D eigenvalue weighted by molar-refractivity contribution is 5.72. The van der Waals surface area contributed by atoms with E-state index in [2.05, 4.69) is 0 Å². The molecule has 0 heterocycles. The number of rotatable bonds is 6. The number of hydrogen-bond donors (Lipinski definition) is 1. The van der Waals surface area contributed by atoms with E-state index in [1.54, 1.807) is 6.07 Å². The fraction of sp³-hybridized carbons (Fsp3) is 0.316. The number of esters is 1. The summed E-state index contributed by atoms with van der Waals surface area (Å²) in [6, 6.07) is 17.5. The van der Waals surface area contributed by atoms with Crippen molar-refractivity contribution in [3.05, 3.63) is 65.7 Å². The molecule has 0 atom stereocenters. The molecule has 0 aliphatic rings. The molecule has 0 radical (unpaired) electrons. The Balaban J connectivity index is 1.90. The first-order valence-corrected chi connectivity index (χ1v) is 7.55. The second-order valence-corrected chi connectivity index (χ2v) is 6.27. The molecule has 116 valence electrons. The highest BCUT2D eigenvalue weighted by atomic mass is 16.5. The Hall–Kier alpha value is -2.13. The van der Waals surface area contributed by atoms with Gasteiger partial charge in [-0.3, -0.25) is 4.79 Å². The maximum Gasteiger partial charge on any atom is 0.311 e. The van der Waals surface area contributed by atoms with Crippen molar-refractivity contribution in [2.24, 2.45) is 5.73 Å². The zero-order valence-electron chi connectivity index (χ0n) is 13.2. The van der Waals surface area contributed by atoms with Crippen LogP contribution in [0.2, 0.25) is 0 Å². The first-order chi connectivity index (χ1) is 10.4.